The molecule has 0 radical (unpaired) electrons. The van der Waals surface area contributed by atoms with E-state index >= 15 is 0 Å². The molecule has 2 aliphatic heterocycles. The third kappa shape index (κ3) is 39.9. The van der Waals surface area contributed by atoms with Gasteiger partial charge in [0, 0.05) is 25.7 Å². The summed E-state index contributed by atoms with van der Waals surface area (Å²) in [7, 11) is 1.45. The normalized spacial score (nSPS) is 15.5. The molecule has 462 valence electrons. The first kappa shape index (κ1) is 75.9. The predicted octanol–water partition coefficient (Wildman–Crippen LogP) is 14.9. The zero-order valence-electron chi connectivity index (χ0n) is 49.5. The first-order valence-electron chi connectivity index (χ1n) is 29.7. The zero-order chi connectivity index (χ0) is 58.9. The number of ether oxygens (including phenoxy) is 4. The molecule has 0 bridgehead atoms. The molecule has 4 atom stereocenters. The second-order valence-corrected chi connectivity index (χ2v) is 19.4. The van der Waals surface area contributed by atoms with Gasteiger partial charge >= 0.3 is 11.9 Å². The van der Waals surface area contributed by atoms with Gasteiger partial charge in [-0.05, 0) is 106 Å². The SMILES string of the molecule is C.CC.CCCCC/C=C\C/C=C\CCCCCCCC(=O)OC.CCCCCC1OC1CC1OC1CCCCCCCC(=O)OCc1ccc(CC)o1.O=Cc1ccc(CO)o1.OCc1ccc(CO)o1.OCc1ccc(CO)o1. The lowest BCUT2D eigenvalue weighted by molar-refractivity contribution is -0.145. The smallest absolute Gasteiger partial charge is 0.306 e. The molecule has 16 nitrogen and oxygen atoms in total. The molecule has 4 aromatic heterocycles. The first-order valence-corrected chi connectivity index (χ1v) is 29.7. The van der Waals surface area contributed by atoms with Crippen LogP contribution in [-0.4, -0.2) is 75.3 Å². The lowest BCUT2D eigenvalue weighted by Crippen LogP contribution is -2.04. The highest BCUT2D eigenvalue weighted by Crippen LogP contribution is 2.39. The number of allylic oxidation sites excluding steroid dienone is 4. The minimum Gasteiger partial charge on any atom is -0.469 e. The summed E-state index contributed by atoms with van der Waals surface area (Å²) in [6.45, 7) is 10.2. The topological polar surface area (TPSA) is 248 Å². The number of carbonyl (C=O) groups is 3. The van der Waals surface area contributed by atoms with Crippen LogP contribution >= 0.6 is 0 Å². The number of hydrogen-bond acceptors (Lipinski definition) is 16. The van der Waals surface area contributed by atoms with E-state index in [1.165, 1.54) is 116 Å². The third-order valence-corrected chi connectivity index (χ3v) is 12.8. The molecule has 4 unspecified atom stereocenters. The van der Waals surface area contributed by atoms with Crippen LogP contribution in [0.25, 0.3) is 0 Å². The summed E-state index contributed by atoms with van der Waals surface area (Å²) in [4.78, 5) is 32.7. The number of aryl methyl sites for hydroxylation is 1. The number of methoxy groups -OCH3 is 1. The van der Waals surface area contributed by atoms with Crippen molar-refractivity contribution in [3.05, 3.63) is 119 Å². The van der Waals surface area contributed by atoms with Crippen LogP contribution in [0, 0.1) is 0 Å². The van der Waals surface area contributed by atoms with Crippen LogP contribution in [0.5, 0.6) is 0 Å². The lowest BCUT2D eigenvalue weighted by Gasteiger charge is -2.03. The molecule has 0 spiro atoms. The van der Waals surface area contributed by atoms with Crippen molar-refractivity contribution < 1.29 is 76.5 Å². The van der Waals surface area contributed by atoms with Crippen LogP contribution in [0.3, 0.4) is 0 Å². The van der Waals surface area contributed by atoms with Crippen molar-refractivity contribution in [2.45, 2.75) is 267 Å². The fourth-order valence-electron chi connectivity index (χ4n) is 8.07. The fourth-order valence-corrected chi connectivity index (χ4v) is 8.07. The monoisotopic (exact) mass is 1140 g/mol. The molecule has 0 aliphatic carbocycles. The Labute approximate surface area is 485 Å². The van der Waals surface area contributed by atoms with Crippen LogP contribution in [0.1, 0.15) is 247 Å². The van der Waals surface area contributed by atoms with E-state index in [-0.39, 0.29) is 64.8 Å². The number of aliphatic hydroxyl groups is 5. The Hall–Kier alpha value is -5.07. The maximum Gasteiger partial charge on any atom is 0.306 e. The van der Waals surface area contributed by atoms with Gasteiger partial charge in [0.2, 0.25) is 0 Å². The highest BCUT2D eigenvalue weighted by Gasteiger charge is 2.47. The van der Waals surface area contributed by atoms with Gasteiger partial charge < -0.3 is 62.1 Å². The summed E-state index contributed by atoms with van der Waals surface area (Å²) in [5.41, 5.74) is 0. The molecule has 0 aromatic carbocycles. The summed E-state index contributed by atoms with van der Waals surface area (Å²) in [5, 5.41) is 42.3. The van der Waals surface area contributed by atoms with Gasteiger partial charge in [-0.15, -0.1) is 0 Å². The molecular weight excluding hydrogens is 1040 g/mol. The van der Waals surface area contributed by atoms with Crippen LogP contribution in [-0.2, 0) is 74.6 Å². The Morgan fingerprint density at radius 2 is 0.877 bits per heavy atom. The van der Waals surface area contributed by atoms with Crippen LogP contribution in [0.4, 0.5) is 0 Å². The van der Waals surface area contributed by atoms with Gasteiger partial charge in [-0.1, -0.05) is 143 Å². The maximum absolute atomic E-state index is 11.8. The largest absolute Gasteiger partial charge is 0.469 e. The quantitative estimate of drug-likeness (QED) is 0.00926. The summed E-state index contributed by atoms with van der Waals surface area (Å²) < 4.78 is 41.6. The van der Waals surface area contributed by atoms with Crippen molar-refractivity contribution in [2.24, 2.45) is 0 Å². The highest BCUT2D eigenvalue weighted by atomic mass is 16.6. The molecular formula is C65H106O16. The van der Waals surface area contributed by atoms with Gasteiger partial charge in [-0.3, -0.25) is 14.4 Å². The Balaban J connectivity index is 0.00000108. The summed E-state index contributed by atoms with van der Waals surface area (Å²) in [6.07, 6.45) is 39.9. The van der Waals surface area contributed by atoms with Gasteiger partial charge in [0.05, 0.1) is 31.5 Å². The van der Waals surface area contributed by atoms with Gasteiger partial charge in [-0.25, -0.2) is 0 Å². The lowest BCUT2D eigenvalue weighted by atomic mass is 10.0. The predicted molar refractivity (Wildman–Crippen MR) is 317 cm³/mol. The molecule has 81 heavy (non-hydrogen) atoms. The van der Waals surface area contributed by atoms with Crippen LogP contribution in [0.15, 0.2) is 90.5 Å². The minimum absolute atomic E-state index is 0. The number of epoxide rings is 2. The number of unbranched alkanes of at least 4 members (excludes halogenated alkanes) is 14. The number of aldehydes is 1. The maximum atomic E-state index is 11.8. The summed E-state index contributed by atoms with van der Waals surface area (Å²) in [5.74, 6) is 4.04. The number of hydrogen-bond donors (Lipinski definition) is 5. The molecule has 6 heterocycles. The van der Waals surface area contributed by atoms with Crippen molar-refractivity contribution in [3.63, 3.8) is 0 Å². The van der Waals surface area contributed by atoms with E-state index in [9.17, 15) is 14.4 Å². The second kappa shape index (κ2) is 51.8. The van der Waals surface area contributed by atoms with E-state index in [1.54, 1.807) is 30.3 Å². The Morgan fingerprint density at radius 3 is 1.31 bits per heavy atom. The van der Waals surface area contributed by atoms with Gasteiger partial charge in [0.15, 0.2) is 12.0 Å². The third-order valence-electron chi connectivity index (χ3n) is 12.8. The van der Waals surface area contributed by atoms with Crippen LogP contribution < -0.4 is 0 Å². The molecule has 0 saturated carbocycles. The number of aliphatic hydroxyl groups excluding tert-OH is 5. The average Bonchev–Trinajstić information content (AvgIpc) is 3.98. The minimum atomic E-state index is -0.159. The van der Waals surface area contributed by atoms with E-state index in [2.05, 4.69) is 42.9 Å². The van der Waals surface area contributed by atoms with E-state index in [1.807, 2.05) is 32.9 Å². The van der Waals surface area contributed by atoms with E-state index < -0.39 is 0 Å². The number of furan rings is 4. The Bertz CT molecular complexity index is 2050. The van der Waals surface area contributed by atoms with Gasteiger partial charge in [0.1, 0.15) is 80.0 Å². The summed E-state index contributed by atoms with van der Waals surface area (Å²) >= 11 is 0. The van der Waals surface area contributed by atoms with E-state index in [0.717, 1.165) is 56.5 Å². The molecule has 2 fully saturated rings. The molecule has 5 N–H and O–H groups in total. The fraction of sp³-hybridized carbons (Fsp3) is 0.646. The van der Waals surface area contributed by atoms with Crippen molar-refractivity contribution >= 4 is 18.2 Å². The number of carbonyl (C=O) groups excluding carboxylic acids is 3. The van der Waals surface area contributed by atoms with Gasteiger partial charge in [0.25, 0.3) is 0 Å². The highest BCUT2D eigenvalue weighted by molar-refractivity contribution is 5.70. The van der Waals surface area contributed by atoms with Crippen molar-refractivity contribution in [2.75, 3.05) is 7.11 Å². The number of esters is 2. The summed E-state index contributed by atoms with van der Waals surface area (Å²) in [6, 6.07) is 13.4. The van der Waals surface area contributed by atoms with Crippen LogP contribution in [0.2, 0.25) is 0 Å². The molecule has 2 saturated heterocycles. The number of rotatable bonds is 37. The van der Waals surface area contributed by atoms with E-state index in [4.69, 9.17) is 57.4 Å². The second-order valence-electron chi connectivity index (χ2n) is 19.4. The standard InChI is InChI=1S/C25H40O5.C19H34O2.2C6H8O3.C6H6O3.C2H6.CH4/c1-3-5-9-12-21-23(29-21)17-24-22(30-24)13-10-7-6-8-11-14-25(26)27-18-20-16-15-19(4-2)28-20;1-3-4-5-6-7-8-9-10-11-12-13-14-15-16-17-18-19(20)21-2;3*7-3-5-1-2-6(4-8)9-5;1-2;/h15-16,21-24H,3-14,17-18H2,1-2H3;7-8,10-11H,3-6,9,12-18H2,1-2H3;2*1-2,7-8H,3-4H2;1-3,8H,4H2;1-2H3;1H4/b;8-7-,11-10-;;;;;. The zero-order valence-corrected chi connectivity index (χ0v) is 49.5. The van der Waals surface area contributed by atoms with Gasteiger partial charge in [-0.2, -0.15) is 0 Å². The molecule has 16 heteroatoms. The van der Waals surface area contributed by atoms with E-state index in [0.29, 0.717) is 72.3 Å². The Morgan fingerprint density at radius 1 is 0.481 bits per heavy atom. The molecule has 0 amide bonds. The molecule has 2 aliphatic rings. The first-order chi connectivity index (χ1) is 39.1. The Kier molecular flexibility index (Phi) is 48.5. The average molecular weight is 1140 g/mol. The molecule has 4 aromatic rings. The van der Waals surface area contributed by atoms with Crippen molar-refractivity contribution in [1.82, 2.24) is 0 Å². The van der Waals surface area contributed by atoms with Crippen molar-refractivity contribution in [1.29, 1.82) is 0 Å². The van der Waals surface area contributed by atoms with Crippen molar-refractivity contribution in [3.8, 4) is 0 Å². The molecule has 6 rings (SSSR count).